The average Bonchev–Trinajstić information content (AvgIpc) is 2.43. The topological polar surface area (TPSA) is 26.3 Å². The Balaban J connectivity index is 2.91. The molecule has 0 saturated carbocycles. The van der Waals surface area contributed by atoms with E-state index >= 15 is 0 Å². The van der Waals surface area contributed by atoms with Gasteiger partial charge in [-0.3, -0.25) is 0 Å². The summed E-state index contributed by atoms with van der Waals surface area (Å²) in [7, 11) is 0. The number of hydrogen-bond acceptors (Lipinski definition) is 3. The van der Waals surface area contributed by atoms with Crippen molar-refractivity contribution in [3.05, 3.63) is 20.3 Å². The summed E-state index contributed by atoms with van der Waals surface area (Å²) in [5.74, 6) is -0.265. The monoisotopic (exact) mass is 354 g/mol. The zero-order chi connectivity index (χ0) is 11.6. The number of carbonyl (C=O) groups is 1. The molecule has 15 heavy (non-hydrogen) atoms. The molecule has 0 aliphatic rings. The van der Waals surface area contributed by atoms with Crippen LogP contribution in [0.3, 0.4) is 0 Å². The lowest BCUT2D eigenvalue weighted by Crippen LogP contribution is -2.24. The summed E-state index contributed by atoms with van der Waals surface area (Å²) in [4.78, 5) is 12.8. The smallest absolute Gasteiger partial charge is 0.339 e. The first-order valence-corrected chi connectivity index (χ1v) is 7.14. The van der Waals surface area contributed by atoms with Crippen LogP contribution in [-0.4, -0.2) is 11.6 Å². The van der Waals surface area contributed by atoms with E-state index in [1.807, 2.05) is 20.8 Å². The molecule has 0 spiro atoms. The molecule has 0 amide bonds. The number of alkyl halides is 1. The highest BCUT2D eigenvalue weighted by molar-refractivity contribution is 9.11. The lowest BCUT2D eigenvalue weighted by molar-refractivity contribution is 0.00694. The standard InChI is InChI=1S/C10H12Br2O2S/c1-10(2,3)14-9(13)6-4-8(12)15-7(6)5-11/h4H,5H2,1-3H3. The minimum atomic E-state index is -0.449. The second-order valence-corrected chi connectivity index (χ2v) is 7.10. The van der Waals surface area contributed by atoms with Crippen LogP contribution in [-0.2, 0) is 10.1 Å². The van der Waals surface area contributed by atoms with Crippen LogP contribution in [0, 0.1) is 0 Å². The van der Waals surface area contributed by atoms with Crippen molar-refractivity contribution >= 4 is 49.2 Å². The van der Waals surface area contributed by atoms with Crippen molar-refractivity contribution in [2.45, 2.75) is 31.7 Å². The summed E-state index contributed by atoms with van der Waals surface area (Å²) in [6.07, 6.45) is 0. The fourth-order valence-electron chi connectivity index (χ4n) is 1.00. The Kier molecular flexibility index (Phi) is 4.38. The minimum Gasteiger partial charge on any atom is -0.456 e. The molecule has 0 aromatic carbocycles. The van der Waals surface area contributed by atoms with Crippen molar-refractivity contribution in [3.63, 3.8) is 0 Å². The van der Waals surface area contributed by atoms with Gasteiger partial charge in [0.15, 0.2) is 0 Å². The van der Waals surface area contributed by atoms with Crippen LogP contribution >= 0.6 is 43.2 Å². The normalized spacial score (nSPS) is 11.5. The van der Waals surface area contributed by atoms with Crippen molar-refractivity contribution in [2.75, 3.05) is 0 Å². The third kappa shape index (κ3) is 3.89. The number of esters is 1. The van der Waals surface area contributed by atoms with Crippen LogP contribution in [0.15, 0.2) is 9.85 Å². The van der Waals surface area contributed by atoms with E-state index in [1.165, 1.54) is 11.3 Å². The largest absolute Gasteiger partial charge is 0.456 e. The number of hydrogen-bond donors (Lipinski definition) is 0. The molecule has 0 radical (unpaired) electrons. The predicted molar refractivity (Wildman–Crippen MR) is 69.8 cm³/mol. The maximum Gasteiger partial charge on any atom is 0.339 e. The van der Waals surface area contributed by atoms with E-state index in [0.717, 1.165) is 8.66 Å². The van der Waals surface area contributed by atoms with E-state index in [2.05, 4.69) is 31.9 Å². The van der Waals surface area contributed by atoms with Gasteiger partial charge in [-0.15, -0.1) is 11.3 Å². The molecular formula is C10H12Br2O2S. The van der Waals surface area contributed by atoms with Crippen LogP contribution in [0.1, 0.15) is 36.0 Å². The summed E-state index contributed by atoms with van der Waals surface area (Å²) in [6, 6.07) is 1.80. The van der Waals surface area contributed by atoms with Gasteiger partial charge < -0.3 is 4.74 Å². The fourth-order valence-corrected chi connectivity index (χ4v) is 3.18. The second-order valence-electron chi connectivity index (χ2n) is 4.02. The molecule has 1 aromatic rings. The van der Waals surface area contributed by atoms with Gasteiger partial charge in [-0.2, -0.15) is 0 Å². The molecule has 1 heterocycles. The predicted octanol–water partition coefficient (Wildman–Crippen LogP) is 4.36. The van der Waals surface area contributed by atoms with Crippen molar-refractivity contribution in [3.8, 4) is 0 Å². The van der Waals surface area contributed by atoms with Gasteiger partial charge in [0.25, 0.3) is 0 Å². The van der Waals surface area contributed by atoms with Gasteiger partial charge in [-0.1, -0.05) is 15.9 Å². The van der Waals surface area contributed by atoms with Gasteiger partial charge in [-0.05, 0) is 42.8 Å². The summed E-state index contributed by atoms with van der Waals surface area (Å²) >= 11 is 8.25. The van der Waals surface area contributed by atoms with Gasteiger partial charge in [-0.25, -0.2) is 4.79 Å². The number of ether oxygens (including phenoxy) is 1. The van der Waals surface area contributed by atoms with Crippen LogP contribution in [0.25, 0.3) is 0 Å². The molecule has 0 saturated heterocycles. The third-order valence-electron chi connectivity index (χ3n) is 1.52. The van der Waals surface area contributed by atoms with E-state index in [0.29, 0.717) is 10.9 Å². The van der Waals surface area contributed by atoms with E-state index in [-0.39, 0.29) is 5.97 Å². The van der Waals surface area contributed by atoms with Gasteiger partial charge in [0, 0.05) is 10.2 Å². The van der Waals surface area contributed by atoms with Crippen molar-refractivity contribution in [1.82, 2.24) is 0 Å². The molecule has 0 fully saturated rings. The Morgan fingerprint density at radius 2 is 2.13 bits per heavy atom. The number of halogens is 2. The Bertz CT molecular complexity index is 366. The number of thiophene rings is 1. The van der Waals surface area contributed by atoms with E-state index < -0.39 is 5.60 Å². The molecule has 5 heteroatoms. The van der Waals surface area contributed by atoms with Gasteiger partial charge >= 0.3 is 5.97 Å². The molecule has 1 aromatic heterocycles. The van der Waals surface area contributed by atoms with E-state index in [4.69, 9.17) is 4.74 Å². The van der Waals surface area contributed by atoms with Crippen molar-refractivity contribution < 1.29 is 9.53 Å². The second kappa shape index (κ2) is 4.97. The minimum absolute atomic E-state index is 0.265. The molecule has 1 rings (SSSR count). The molecule has 0 aliphatic heterocycles. The fraction of sp³-hybridized carbons (Fsp3) is 0.500. The molecular weight excluding hydrogens is 344 g/mol. The summed E-state index contributed by atoms with van der Waals surface area (Å²) < 4.78 is 6.25. The Morgan fingerprint density at radius 1 is 1.53 bits per heavy atom. The molecule has 2 nitrogen and oxygen atoms in total. The van der Waals surface area contributed by atoms with Crippen LogP contribution in [0.5, 0.6) is 0 Å². The first-order chi connectivity index (χ1) is 6.83. The molecule has 0 unspecified atom stereocenters. The average molecular weight is 356 g/mol. The quantitative estimate of drug-likeness (QED) is 0.582. The SMILES string of the molecule is CC(C)(C)OC(=O)c1cc(Br)sc1CBr. The maximum absolute atomic E-state index is 11.8. The lowest BCUT2D eigenvalue weighted by atomic mass is 10.2. The Morgan fingerprint density at radius 3 is 2.60 bits per heavy atom. The molecule has 0 N–H and O–H groups in total. The van der Waals surface area contributed by atoms with E-state index in [1.54, 1.807) is 6.07 Å². The van der Waals surface area contributed by atoms with Gasteiger partial charge in [0.1, 0.15) is 5.60 Å². The zero-order valence-electron chi connectivity index (χ0n) is 8.77. The van der Waals surface area contributed by atoms with Crippen LogP contribution in [0.2, 0.25) is 0 Å². The first kappa shape index (κ1) is 13.2. The molecule has 0 aliphatic carbocycles. The third-order valence-corrected chi connectivity index (χ3v) is 4.09. The lowest BCUT2D eigenvalue weighted by Gasteiger charge is -2.19. The Labute approximate surface area is 110 Å². The summed E-state index contributed by atoms with van der Waals surface area (Å²) in [6.45, 7) is 5.58. The van der Waals surface area contributed by atoms with Crippen molar-refractivity contribution in [1.29, 1.82) is 0 Å². The van der Waals surface area contributed by atoms with Crippen molar-refractivity contribution in [2.24, 2.45) is 0 Å². The van der Waals surface area contributed by atoms with Gasteiger partial charge in [0.05, 0.1) is 9.35 Å². The van der Waals surface area contributed by atoms with Crippen LogP contribution < -0.4 is 0 Å². The highest BCUT2D eigenvalue weighted by Crippen LogP contribution is 2.30. The number of carbonyl (C=O) groups excluding carboxylic acids is 1. The van der Waals surface area contributed by atoms with Crippen LogP contribution in [0.4, 0.5) is 0 Å². The maximum atomic E-state index is 11.8. The highest BCUT2D eigenvalue weighted by atomic mass is 79.9. The van der Waals surface area contributed by atoms with Gasteiger partial charge in [0.2, 0.25) is 0 Å². The van der Waals surface area contributed by atoms with E-state index in [9.17, 15) is 4.79 Å². The first-order valence-electron chi connectivity index (χ1n) is 4.41. The summed E-state index contributed by atoms with van der Waals surface area (Å²) in [5.41, 5.74) is 0.188. The summed E-state index contributed by atoms with van der Waals surface area (Å²) in [5, 5.41) is 0.665. The molecule has 84 valence electrons. The zero-order valence-corrected chi connectivity index (χ0v) is 12.8. The Hall–Kier alpha value is 0.130. The number of rotatable bonds is 2. The highest BCUT2D eigenvalue weighted by Gasteiger charge is 2.21. The molecule has 0 bridgehead atoms. The molecule has 0 atom stereocenters.